The molecule has 0 fully saturated rings. The summed E-state index contributed by atoms with van der Waals surface area (Å²) in [4.78, 5) is 11.4. The molecular formula is C30H34FNO2. The molecule has 3 aromatic rings. The summed E-state index contributed by atoms with van der Waals surface area (Å²) < 4.78 is 13.4. The number of halogens is 1. The molecule has 1 aliphatic rings. The first-order valence-electron chi connectivity index (χ1n) is 11.9. The van der Waals surface area contributed by atoms with Crippen LogP contribution in [0.2, 0.25) is 0 Å². The van der Waals surface area contributed by atoms with Crippen molar-refractivity contribution in [1.29, 1.82) is 0 Å². The van der Waals surface area contributed by atoms with E-state index in [-0.39, 0.29) is 28.3 Å². The molecule has 3 nitrogen and oxygen atoms in total. The number of hydrogen-bond donors (Lipinski definition) is 2. The van der Waals surface area contributed by atoms with Gasteiger partial charge in [0.05, 0.1) is 11.6 Å². The molecule has 34 heavy (non-hydrogen) atoms. The first-order chi connectivity index (χ1) is 16.0. The Morgan fingerprint density at radius 1 is 0.941 bits per heavy atom. The molecule has 0 radical (unpaired) electrons. The minimum absolute atomic E-state index is 0.0853. The second-order valence-electron chi connectivity index (χ2n) is 10.9. The van der Waals surface area contributed by atoms with Gasteiger partial charge in [0, 0.05) is 6.54 Å². The zero-order chi connectivity index (χ0) is 24.7. The van der Waals surface area contributed by atoms with Gasteiger partial charge in [-0.15, -0.1) is 0 Å². The Morgan fingerprint density at radius 3 is 2.06 bits per heavy atom. The van der Waals surface area contributed by atoms with Crippen LogP contribution in [-0.2, 0) is 17.4 Å². The molecule has 0 saturated heterocycles. The average molecular weight is 460 g/mol. The quantitative estimate of drug-likeness (QED) is 0.415. The van der Waals surface area contributed by atoms with E-state index in [4.69, 9.17) is 0 Å². The lowest BCUT2D eigenvalue weighted by atomic mass is 9.62. The molecule has 0 aliphatic heterocycles. The first kappa shape index (κ1) is 24.2. The van der Waals surface area contributed by atoms with Gasteiger partial charge in [-0.1, -0.05) is 64.1 Å². The summed E-state index contributed by atoms with van der Waals surface area (Å²) in [5, 5.41) is 13.0. The third-order valence-corrected chi connectivity index (χ3v) is 7.46. The number of carboxylic acids is 1. The standard InChI is InChI=1S/C30H34FNO2/c1-19-16-25-26(30(4,5)15-14-29(25,2)3)17-24(19)27(21-8-10-22(11-9-21)28(33)34)32-18-20-6-12-23(31)13-7-20/h6-13,16-17,27,32H,14-15,18H2,1-5H3,(H,33,34). The van der Waals surface area contributed by atoms with Gasteiger partial charge in [-0.2, -0.15) is 0 Å². The van der Waals surface area contributed by atoms with Crippen molar-refractivity contribution in [3.05, 3.63) is 105 Å². The highest BCUT2D eigenvalue weighted by Gasteiger charge is 2.38. The van der Waals surface area contributed by atoms with Crippen LogP contribution in [0, 0.1) is 12.7 Å². The Labute approximate surface area is 202 Å². The Kier molecular flexibility index (Phi) is 6.39. The summed E-state index contributed by atoms with van der Waals surface area (Å²) in [6.07, 6.45) is 2.30. The maximum atomic E-state index is 13.4. The van der Waals surface area contributed by atoms with Gasteiger partial charge in [-0.25, -0.2) is 9.18 Å². The van der Waals surface area contributed by atoms with E-state index >= 15 is 0 Å². The zero-order valence-electron chi connectivity index (χ0n) is 20.7. The van der Waals surface area contributed by atoms with E-state index < -0.39 is 5.97 Å². The number of carboxylic acid groups (broad SMARTS) is 1. The van der Waals surface area contributed by atoms with E-state index in [0.717, 1.165) is 24.0 Å². The second kappa shape index (κ2) is 8.99. The summed E-state index contributed by atoms with van der Waals surface area (Å²) in [5.74, 6) is -1.18. The fraction of sp³-hybridized carbons (Fsp3) is 0.367. The Morgan fingerprint density at radius 2 is 1.50 bits per heavy atom. The lowest BCUT2D eigenvalue weighted by molar-refractivity contribution is 0.0697. The number of rotatable bonds is 6. The predicted octanol–water partition coefficient (Wildman–Crippen LogP) is 7.06. The molecule has 0 heterocycles. The van der Waals surface area contributed by atoms with Gasteiger partial charge < -0.3 is 10.4 Å². The molecule has 1 atom stereocenters. The lowest BCUT2D eigenvalue weighted by Gasteiger charge is -2.43. The van der Waals surface area contributed by atoms with Crippen LogP contribution in [0.4, 0.5) is 4.39 Å². The molecule has 178 valence electrons. The van der Waals surface area contributed by atoms with Crippen LogP contribution in [0.15, 0.2) is 60.7 Å². The van der Waals surface area contributed by atoms with Gasteiger partial charge >= 0.3 is 5.97 Å². The Hall–Kier alpha value is -2.98. The van der Waals surface area contributed by atoms with Crippen molar-refractivity contribution in [2.75, 3.05) is 0 Å². The number of fused-ring (bicyclic) bond motifs is 1. The van der Waals surface area contributed by atoms with E-state index in [1.807, 2.05) is 12.1 Å². The fourth-order valence-corrected chi connectivity index (χ4v) is 5.10. The SMILES string of the molecule is Cc1cc2c(cc1C(NCc1ccc(F)cc1)c1ccc(C(=O)O)cc1)C(C)(C)CCC2(C)C. The van der Waals surface area contributed by atoms with Crippen molar-refractivity contribution >= 4 is 5.97 Å². The molecule has 3 aromatic carbocycles. The smallest absolute Gasteiger partial charge is 0.335 e. The Bertz CT molecular complexity index is 1190. The minimum Gasteiger partial charge on any atom is -0.478 e. The van der Waals surface area contributed by atoms with Crippen LogP contribution in [0.5, 0.6) is 0 Å². The number of nitrogens with one attached hydrogen (secondary N) is 1. The monoisotopic (exact) mass is 459 g/mol. The summed E-state index contributed by atoms with van der Waals surface area (Å²) in [5.41, 5.74) is 7.69. The van der Waals surface area contributed by atoms with Crippen LogP contribution < -0.4 is 5.32 Å². The van der Waals surface area contributed by atoms with Crippen molar-refractivity contribution in [2.45, 2.75) is 70.9 Å². The van der Waals surface area contributed by atoms with Crippen molar-refractivity contribution in [3.63, 3.8) is 0 Å². The fourth-order valence-electron chi connectivity index (χ4n) is 5.10. The molecule has 4 rings (SSSR count). The van der Waals surface area contributed by atoms with E-state index in [1.54, 1.807) is 24.3 Å². The number of aromatic carboxylic acids is 1. The van der Waals surface area contributed by atoms with Gasteiger partial charge in [0.1, 0.15) is 5.82 Å². The second-order valence-corrected chi connectivity index (χ2v) is 10.9. The van der Waals surface area contributed by atoms with Crippen molar-refractivity contribution in [2.24, 2.45) is 0 Å². The molecule has 4 heteroatoms. The zero-order valence-corrected chi connectivity index (χ0v) is 20.7. The van der Waals surface area contributed by atoms with Crippen molar-refractivity contribution in [3.8, 4) is 0 Å². The highest BCUT2D eigenvalue weighted by molar-refractivity contribution is 5.87. The number of hydrogen-bond acceptors (Lipinski definition) is 2. The van der Waals surface area contributed by atoms with Gasteiger partial charge in [0.2, 0.25) is 0 Å². The highest BCUT2D eigenvalue weighted by atomic mass is 19.1. The number of carbonyl (C=O) groups is 1. The maximum absolute atomic E-state index is 13.4. The van der Waals surface area contributed by atoms with Crippen LogP contribution in [0.1, 0.15) is 90.3 Å². The normalized spacial score (nSPS) is 17.1. The molecule has 0 spiro atoms. The Balaban J connectivity index is 1.79. The third kappa shape index (κ3) is 4.78. The summed E-state index contributed by atoms with van der Waals surface area (Å²) in [6.45, 7) is 12.0. The molecule has 1 aliphatic carbocycles. The minimum atomic E-state index is -0.934. The van der Waals surface area contributed by atoms with E-state index in [9.17, 15) is 14.3 Å². The molecule has 0 amide bonds. The summed E-state index contributed by atoms with van der Waals surface area (Å²) in [6, 6.07) is 18.2. The predicted molar refractivity (Wildman–Crippen MR) is 135 cm³/mol. The summed E-state index contributed by atoms with van der Waals surface area (Å²) >= 11 is 0. The van der Waals surface area contributed by atoms with Gasteiger partial charge in [-0.05, 0) is 88.2 Å². The van der Waals surface area contributed by atoms with E-state index in [0.29, 0.717) is 6.54 Å². The lowest BCUT2D eigenvalue weighted by Crippen LogP contribution is -2.34. The van der Waals surface area contributed by atoms with Crippen LogP contribution in [0.25, 0.3) is 0 Å². The van der Waals surface area contributed by atoms with E-state index in [1.165, 1.54) is 34.4 Å². The topological polar surface area (TPSA) is 49.3 Å². The van der Waals surface area contributed by atoms with Crippen LogP contribution in [0.3, 0.4) is 0 Å². The van der Waals surface area contributed by atoms with Crippen LogP contribution in [-0.4, -0.2) is 11.1 Å². The molecule has 2 N–H and O–H groups in total. The number of aryl methyl sites for hydroxylation is 1. The molecule has 0 saturated carbocycles. The van der Waals surface area contributed by atoms with Crippen molar-refractivity contribution < 1.29 is 14.3 Å². The number of benzene rings is 3. The highest BCUT2D eigenvalue weighted by Crippen LogP contribution is 2.47. The third-order valence-electron chi connectivity index (χ3n) is 7.46. The average Bonchev–Trinajstić information content (AvgIpc) is 2.79. The van der Waals surface area contributed by atoms with Gasteiger partial charge in [0.25, 0.3) is 0 Å². The van der Waals surface area contributed by atoms with Crippen LogP contribution >= 0.6 is 0 Å². The molecule has 0 bridgehead atoms. The molecule has 0 aromatic heterocycles. The summed E-state index contributed by atoms with van der Waals surface area (Å²) in [7, 11) is 0. The largest absolute Gasteiger partial charge is 0.478 e. The van der Waals surface area contributed by atoms with E-state index in [2.05, 4.69) is 52.1 Å². The molecular weight excluding hydrogens is 425 g/mol. The first-order valence-corrected chi connectivity index (χ1v) is 11.9. The molecule has 1 unspecified atom stereocenters. The van der Waals surface area contributed by atoms with Gasteiger partial charge in [0.15, 0.2) is 0 Å². The maximum Gasteiger partial charge on any atom is 0.335 e. The van der Waals surface area contributed by atoms with Crippen molar-refractivity contribution in [1.82, 2.24) is 5.32 Å². The van der Waals surface area contributed by atoms with Gasteiger partial charge in [-0.3, -0.25) is 0 Å².